The van der Waals surface area contributed by atoms with Crippen LogP contribution in [0.15, 0.2) is 53.4 Å². The molecule has 0 aliphatic rings. The van der Waals surface area contributed by atoms with Crippen molar-refractivity contribution in [2.24, 2.45) is 0 Å². The monoisotopic (exact) mass is 314 g/mol. The lowest BCUT2D eigenvalue weighted by Gasteiger charge is -2.07. The van der Waals surface area contributed by atoms with Gasteiger partial charge in [0.15, 0.2) is 0 Å². The second-order valence-corrected chi connectivity index (χ2v) is 6.26. The number of anilines is 2. The molecule has 0 radical (unpaired) electrons. The van der Waals surface area contributed by atoms with Crippen LogP contribution in [0.4, 0.5) is 11.4 Å². The molecule has 0 aliphatic heterocycles. The lowest BCUT2D eigenvalue weighted by molar-refractivity contribution is -0.113. The zero-order valence-corrected chi connectivity index (χ0v) is 13.7. The van der Waals surface area contributed by atoms with Crippen LogP contribution < -0.4 is 11.1 Å². The van der Waals surface area contributed by atoms with Crippen molar-refractivity contribution in [1.82, 2.24) is 0 Å². The maximum Gasteiger partial charge on any atom is 0.234 e. The summed E-state index contributed by atoms with van der Waals surface area (Å²) in [4.78, 5) is 13.0. The molecule has 2 aromatic rings. The highest BCUT2D eigenvalue weighted by Crippen LogP contribution is 2.19. The Morgan fingerprint density at radius 2 is 1.77 bits per heavy atom. The third-order valence-corrected chi connectivity index (χ3v) is 4.32. The van der Waals surface area contributed by atoms with E-state index in [4.69, 9.17) is 5.73 Å². The Kier molecular flexibility index (Phi) is 6.34. The fourth-order valence-electron chi connectivity index (χ4n) is 2.05. The van der Waals surface area contributed by atoms with Gasteiger partial charge in [-0.25, -0.2) is 0 Å². The first-order chi connectivity index (χ1) is 10.7. The van der Waals surface area contributed by atoms with Crippen molar-refractivity contribution in [3.05, 3.63) is 54.1 Å². The number of hydrogen-bond acceptors (Lipinski definition) is 3. The number of unbranched alkanes of at least 4 members (excludes halogenated alkanes) is 1. The lowest BCUT2D eigenvalue weighted by atomic mass is 10.1. The first-order valence-electron chi connectivity index (χ1n) is 7.54. The van der Waals surface area contributed by atoms with Gasteiger partial charge >= 0.3 is 0 Å². The van der Waals surface area contributed by atoms with Crippen molar-refractivity contribution >= 4 is 29.0 Å². The number of aryl methyl sites for hydroxylation is 1. The van der Waals surface area contributed by atoms with Crippen LogP contribution in [0, 0.1) is 0 Å². The Balaban J connectivity index is 1.80. The second-order valence-electron chi connectivity index (χ2n) is 5.21. The molecule has 0 saturated carbocycles. The van der Waals surface area contributed by atoms with Gasteiger partial charge in [-0.15, -0.1) is 11.8 Å². The molecule has 0 fully saturated rings. The number of thioether (sulfide) groups is 1. The van der Waals surface area contributed by atoms with Crippen LogP contribution in [0.5, 0.6) is 0 Å². The highest BCUT2D eigenvalue weighted by molar-refractivity contribution is 8.00. The summed E-state index contributed by atoms with van der Waals surface area (Å²) in [5, 5.41) is 2.92. The molecule has 116 valence electrons. The number of rotatable bonds is 7. The van der Waals surface area contributed by atoms with Gasteiger partial charge in [-0.2, -0.15) is 0 Å². The molecule has 2 rings (SSSR count). The number of amides is 1. The van der Waals surface area contributed by atoms with Gasteiger partial charge in [-0.3, -0.25) is 4.79 Å². The molecule has 3 nitrogen and oxygen atoms in total. The Morgan fingerprint density at radius 1 is 1.09 bits per heavy atom. The Labute approximate surface area is 136 Å². The van der Waals surface area contributed by atoms with E-state index in [1.54, 1.807) is 0 Å². The van der Waals surface area contributed by atoms with Crippen LogP contribution in [-0.4, -0.2) is 11.7 Å². The summed E-state index contributed by atoms with van der Waals surface area (Å²) in [5.41, 5.74) is 8.54. The van der Waals surface area contributed by atoms with Gasteiger partial charge in [-0.05, 0) is 54.8 Å². The van der Waals surface area contributed by atoms with Crippen molar-refractivity contribution in [3.8, 4) is 0 Å². The smallest absolute Gasteiger partial charge is 0.234 e. The Hall–Kier alpha value is -1.94. The molecule has 0 bridgehead atoms. The first-order valence-corrected chi connectivity index (χ1v) is 8.53. The number of hydrogen-bond donors (Lipinski definition) is 2. The van der Waals surface area contributed by atoms with E-state index in [-0.39, 0.29) is 5.91 Å². The fraction of sp³-hybridized carbons (Fsp3) is 0.278. The highest BCUT2D eigenvalue weighted by Gasteiger charge is 2.04. The Morgan fingerprint density at radius 3 is 2.41 bits per heavy atom. The van der Waals surface area contributed by atoms with E-state index in [1.165, 1.54) is 30.2 Å². The summed E-state index contributed by atoms with van der Waals surface area (Å²) >= 11 is 1.50. The van der Waals surface area contributed by atoms with Crippen molar-refractivity contribution in [2.45, 2.75) is 31.1 Å². The second kappa shape index (κ2) is 8.49. The summed E-state index contributed by atoms with van der Waals surface area (Å²) in [6, 6.07) is 15.6. The minimum atomic E-state index is 0.00290. The van der Waals surface area contributed by atoms with Gasteiger partial charge in [0, 0.05) is 16.3 Å². The molecule has 22 heavy (non-hydrogen) atoms. The number of nitrogen functional groups attached to an aromatic ring is 1. The molecular formula is C18H22N2OS. The van der Waals surface area contributed by atoms with E-state index >= 15 is 0 Å². The maximum atomic E-state index is 12.0. The molecule has 0 saturated heterocycles. The summed E-state index contributed by atoms with van der Waals surface area (Å²) in [7, 11) is 0. The molecular weight excluding hydrogens is 292 g/mol. The average molecular weight is 314 g/mol. The van der Waals surface area contributed by atoms with Crippen LogP contribution in [0.1, 0.15) is 25.3 Å². The number of carbonyl (C=O) groups is 1. The molecule has 0 unspecified atom stereocenters. The zero-order valence-electron chi connectivity index (χ0n) is 12.8. The van der Waals surface area contributed by atoms with Crippen molar-refractivity contribution < 1.29 is 4.79 Å². The number of carbonyl (C=O) groups excluding carboxylic acids is 1. The van der Waals surface area contributed by atoms with Gasteiger partial charge in [0.25, 0.3) is 0 Å². The fourth-order valence-corrected chi connectivity index (χ4v) is 2.74. The van der Waals surface area contributed by atoms with Gasteiger partial charge in [0.05, 0.1) is 5.75 Å². The first kappa shape index (κ1) is 16.4. The van der Waals surface area contributed by atoms with Crippen molar-refractivity contribution in [1.29, 1.82) is 0 Å². The molecule has 1 amide bonds. The van der Waals surface area contributed by atoms with Gasteiger partial charge < -0.3 is 11.1 Å². The molecule has 4 heteroatoms. The largest absolute Gasteiger partial charge is 0.399 e. The maximum absolute atomic E-state index is 12.0. The minimum Gasteiger partial charge on any atom is -0.399 e. The average Bonchev–Trinajstić information content (AvgIpc) is 2.54. The molecule has 2 aromatic carbocycles. The van der Waals surface area contributed by atoms with Crippen molar-refractivity contribution in [2.75, 3.05) is 16.8 Å². The van der Waals surface area contributed by atoms with Gasteiger partial charge in [0.1, 0.15) is 0 Å². The summed E-state index contributed by atoms with van der Waals surface area (Å²) in [6.45, 7) is 2.19. The summed E-state index contributed by atoms with van der Waals surface area (Å²) in [5.74, 6) is 0.393. The SMILES string of the molecule is CCCCc1ccc(NC(=O)CSc2ccc(N)cc2)cc1. The highest BCUT2D eigenvalue weighted by atomic mass is 32.2. The molecule has 0 atom stereocenters. The molecule has 0 aliphatic carbocycles. The van der Waals surface area contributed by atoms with E-state index in [9.17, 15) is 4.79 Å². The van der Waals surface area contributed by atoms with E-state index in [1.807, 2.05) is 36.4 Å². The van der Waals surface area contributed by atoms with E-state index < -0.39 is 0 Å². The van der Waals surface area contributed by atoms with Crippen LogP contribution in [0.2, 0.25) is 0 Å². The third kappa shape index (κ3) is 5.45. The lowest BCUT2D eigenvalue weighted by Crippen LogP contribution is -2.13. The standard InChI is InChI=1S/C18H22N2OS/c1-2-3-4-14-5-9-16(10-6-14)20-18(21)13-22-17-11-7-15(19)8-12-17/h5-12H,2-4,13,19H2,1H3,(H,20,21). The summed E-state index contributed by atoms with van der Waals surface area (Å²) < 4.78 is 0. The van der Waals surface area contributed by atoms with E-state index in [0.29, 0.717) is 5.75 Å². The molecule has 3 N–H and O–H groups in total. The van der Waals surface area contributed by atoms with Crippen LogP contribution in [0.3, 0.4) is 0 Å². The van der Waals surface area contributed by atoms with Crippen LogP contribution in [0.25, 0.3) is 0 Å². The molecule has 0 spiro atoms. The Bertz CT molecular complexity index is 593. The van der Waals surface area contributed by atoms with E-state index in [2.05, 4.69) is 24.4 Å². The van der Waals surface area contributed by atoms with Gasteiger partial charge in [0.2, 0.25) is 5.91 Å². The normalized spacial score (nSPS) is 10.4. The van der Waals surface area contributed by atoms with Crippen LogP contribution in [-0.2, 0) is 11.2 Å². The minimum absolute atomic E-state index is 0.00290. The quantitative estimate of drug-likeness (QED) is 0.590. The zero-order chi connectivity index (χ0) is 15.8. The summed E-state index contributed by atoms with van der Waals surface area (Å²) in [6.07, 6.45) is 3.49. The number of nitrogens with two attached hydrogens (primary N) is 1. The predicted octanol–water partition coefficient (Wildman–Crippen LogP) is 4.34. The molecule has 0 heterocycles. The topological polar surface area (TPSA) is 55.1 Å². The number of nitrogens with one attached hydrogen (secondary N) is 1. The van der Waals surface area contributed by atoms with Crippen molar-refractivity contribution in [3.63, 3.8) is 0 Å². The van der Waals surface area contributed by atoms with E-state index in [0.717, 1.165) is 22.7 Å². The third-order valence-electron chi connectivity index (χ3n) is 3.31. The molecule has 0 aromatic heterocycles. The van der Waals surface area contributed by atoms with Gasteiger partial charge in [-0.1, -0.05) is 25.5 Å². The number of benzene rings is 2. The van der Waals surface area contributed by atoms with Crippen LogP contribution >= 0.6 is 11.8 Å². The predicted molar refractivity (Wildman–Crippen MR) is 95.3 cm³/mol.